The van der Waals surface area contributed by atoms with Gasteiger partial charge in [0.1, 0.15) is 0 Å². The zero-order valence-corrected chi connectivity index (χ0v) is 16.1. The van der Waals surface area contributed by atoms with Crippen LogP contribution in [-0.4, -0.2) is 57.4 Å². The normalized spacial score (nSPS) is 18.0. The first-order valence-corrected chi connectivity index (χ1v) is 10.4. The molecular weight excluding hydrogens is 334 g/mol. The van der Waals surface area contributed by atoms with Gasteiger partial charge >= 0.3 is 0 Å². The summed E-state index contributed by atoms with van der Waals surface area (Å²) in [6.45, 7) is 5.83. The molecule has 3 rings (SSSR count). The third-order valence-electron chi connectivity index (χ3n) is 4.62. The van der Waals surface area contributed by atoms with Gasteiger partial charge in [-0.1, -0.05) is 0 Å². The number of guanidine groups is 1. The smallest absolute Gasteiger partial charge is 0.190 e. The summed E-state index contributed by atoms with van der Waals surface area (Å²) < 4.78 is 5.65. The molecule has 1 aromatic rings. The Morgan fingerprint density at radius 1 is 1.32 bits per heavy atom. The highest BCUT2D eigenvalue weighted by Gasteiger charge is 2.20. The lowest BCUT2D eigenvalue weighted by atomic mass is 10.3. The Labute approximate surface area is 155 Å². The molecule has 0 amide bonds. The van der Waals surface area contributed by atoms with Crippen LogP contribution < -0.4 is 15.5 Å². The Morgan fingerprint density at radius 3 is 2.88 bits per heavy atom. The van der Waals surface area contributed by atoms with Crippen LogP contribution in [0.15, 0.2) is 10.4 Å². The second-order valence-corrected chi connectivity index (χ2v) is 7.70. The molecule has 0 bridgehead atoms. The minimum atomic E-state index is 0.832. The largest absolute Gasteiger partial charge is 0.381 e. The lowest BCUT2D eigenvalue weighted by Crippen LogP contribution is -2.39. The minimum absolute atomic E-state index is 0.832. The van der Waals surface area contributed by atoms with E-state index in [1.807, 2.05) is 7.05 Å². The van der Waals surface area contributed by atoms with Crippen molar-refractivity contribution in [3.8, 4) is 0 Å². The summed E-state index contributed by atoms with van der Waals surface area (Å²) in [4.78, 5) is 11.4. The van der Waals surface area contributed by atoms with Crippen molar-refractivity contribution in [1.82, 2.24) is 15.6 Å². The molecule has 2 aliphatic rings. The number of nitrogens with zero attached hydrogens (tertiary/aromatic N) is 3. The zero-order chi connectivity index (χ0) is 17.3. The number of aliphatic imine (C=N–C) groups is 1. The summed E-state index contributed by atoms with van der Waals surface area (Å²) in [5.41, 5.74) is 1.17. The molecule has 140 valence electrons. The maximum absolute atomic E-state index is 5.65. The van der Waals surface area contributed by atoms with E-state index < -0.39 is 0 Å². The molecule has 1 saturated heterocycles. The number of anilines is 1. The van der Waals surface area contributed by atoms with Crippen molar-refractivity contribution in [2.45, 2.75) is 38.5 Å². The fraction of sp³-hybridized carbons (Fsp3) is 0.778. The van der Waals surface area contributed by atoms with Crippen LogP contribution in [0.3, 0.4) is 0 Å². The molecule has 1 aliphatic carbocycles. The highest BCUT2D eigenvalue weighted by atomic mass is 32.1. The fourth-order valence-electron chi connectivity index (χ4n) is 2.91. The number of hydrogen-bond donors (Lipinski definition) is 2. The molecule has 1 aromatic heterocycles. The topological polar surface area (TPSA) is 61.8 Å². The third-order valence-corrected chi connectivity index (χ3v) is 5.57. The fourth-order valence-corrected chi connectivity index (χ4v) is 3.82. The van der Waals surface area contributed by atoms with E-state index in [-0.39, 0.29) is 0 Å². The Balaban J connectivity index is 1.26. The van der Waals surface area contributed by atoms with E-state index in [4.69, 9.17) is 9.72 Å². The van der Waals surface area contributed by atoms with Crippen molar-refractivity contribution in [3.05, 3.63) is 11.1 Å². The summed E-state index contributed by atoms with van der Waals surface area (Å²) in [7, 11) is 1.81. The quantitative estimate of drug-likeness (QED) is 0.378. The van der Waals surface area contributed by atoms with E-state index in [2.05, 4.69) is 25.9 Å². The number of hydrogen-bond acceptors (Lipinski definition) is 5. The molecule has 25 heavy (non-hydrogen) atoms. The number of thiazole rings is 1. The molecule has 6 nitrogen and oxygen atoms in total. The van der Waals surface area contributed by atoms with E-state index in [1.54, 1.807) is 11.3 Å². The number of aromatic nitrogens is 1. The van der Waals surface area contributed by atoms with E-state index in [0.717, 1.165) is 64.1 Å². The Bertz CT molecular complexity index is 537. The van der Waals surface area contributed by atoms with E-state index in [1.165, 1.54) is 36.5 Å². The molecule has 0 aromatic carbocycles. The van der Waals surface area contributed by atoms with E-state index in [0.29, 0.717) is 0 Å². The maximum atomic E-state index is 5.65. The number of ether oxygens (including phenoxy) is 1. The van der Waals surface area contributed by atoms with Crippen LogP contribution >= 0.6 is 11.3 Å². The molecule has 0 spiro atoms. The van der Waals surface area contributed by atoms with Crippen LogP contribution in [0.5, 0.6) is 0 Å². The van der Waals surface area contributed by atoms with Crippen LogP contribution in [0.1, 0.15) is 37.8 Å². The van der Waals surface area contributed by atoms with Gasteiger partial charge in [0, 0.05) is 58.2 Å². The molecule has 2 N–H and O–H groups in total. The number of rotatable bonds is 10. The highest BCUT2D eigenvalue weighted by Crippen LogP contribution is 2.28. The average Bonchev–Trinajstić information content (AvgIpc) is 3.10. The van der Waals surface area contributed by atoms with Gasteiger partial charge in [0.2, 0.25) is 0 Å². The predicted molar refractivity (Wildman–Crippen MR) is 105 cm³/mol. The molecular formula is C18H31N5OS. The SMILES string of the molecule is CN=C(NCCCOCC1CC1)NCCc1csc(N2CCCC2)n1. The summed E-state index contributed by atoms with van der Waals surface area (Å²) in [5, 5.41) is 10.1. The molecule has 1 saturated carbocycles. The first-order valence-electron chi connectivity index (χ1n) is 9.57. The van der Waals surface area contributed by atoms with Gasteiger partial charge in [-0.2, -0.15) is 0 Å². The molecule has 0 unspecified atom stereocenters. The average molecular weight is 366 g/mol. The van der Waals surface area contributed by atoms with Gasteiger partial charge in [0.15, 0.2) is 11.1 Å². The molecule has 0 atom stereocenters. The second-order valence-electron chi connectivity index (χ2n) is 6.86. The first kappa shape index (κ1) is 18.5. The van der Waals surface area contributed by atoms with E-state index >= 15 is 0 Å². The van der Waals surface area contributed by atoms with Crippen molar-refractivity contribution in [3.63, 3.8) is 0 Å². The molecule has 0 radical (unpaired) electrons. The summed E-state index contributed by atoms with van der Waals surface area (Å²) in [6.07, 6.45) is 7.24. The van der Waals surface area contributed by atoms with Gasteiger partial charge in [-0.25, -0.2) is 4.98 Å². The van der Waals surface area contributed by atoms with Crippen molar-refractivity contribution < 1.29 is 4.74 Å². The van der Waals surface area contributed by atoms with Crippen LogP contribution in [0.2, 0.25) is 0 Å². The minimum Gasteiger partial charge on any atom is -0.381 e. The molecule has 1 aliphatic heterocycles. The lowest BCUT2D eigenvalue weighted by molar-refractivity contribution is 0.123. The van der Waals surface area contributed by atoms with Gasteiger partial charge in [0.25, 0.3) is 0 Å². The standard InChI is InChI=1S/C18H31N5OS/c1-19-17(20-8-4-12-24-13-15-5-6-15)21-9-7-16-14-25-18(22-16)23-10-2-3-11-23/h14-15H,2-13H2,1H3,(H2,19,20,21). The van der Waals surface area contributed by atoms with Crippen LogP contribution in [0, 0.1) is 5.92 Å². The molecule has 2 fully saturated rings. The van der Waals surface area contributed by atoms with Crippen molar-refractivity contribution in [1.29, 1.82) is 0 Å². The first-order chi connectivity index (χ1) is 12.3. The van der Waals surface area contributed by atoms with Crippen molar-refractivity contribution in [2.24, 2.45) is 10.9 Å². The lowest BCUT2D eigenvalue weighted by Gasteiger charge is -2.12. The molecule has 2 heterocycles. The van der Waals surface area contributed by atoms with Gasteiger partial charge in [-0.3, -0.25) is 4.99 Å². The van der Waals surface area contributed by atoms with Crippen LogP contribution in [-0.2, 0) is 11.2 Å². The zero-order valence-electron chi connectivity index (χ0n) is 15.3. The highest BCUT2D eigenvalue weighted by molar-refractivity contribution is 7.13. The van der Waals surface area contributed by atoms with Gasteiger partial charge in [-0.05, 0) is 38.0 Å². The van der Waals surface area contributed by atoms with Gasteiger partial charge in [0.05, 0.1) is 5.69 Å². The molecule has 7 heteroatoms. The predicted octanol–water partition coefficient (Wildman–Crippen LogP) is 2.27. The third kappa shape index (κ3) is 6.47. The monoisotopic (exact) mass is 365 g/mol. The Kier molecular flexibility index (Phi) is 7.36. The van der Waals surface area contributed by atoms with Crippen LogP contribution in [0.4, 0.5) is 5.13 Å². The van der Waals surface area contributed by atoms with Gasteiger partial charge in [-0.15, -0.1) is 11.3 Å². The summed E-state index contributed by atoms with van der Waals surface area (Å²) >= 11 is 1.77. The van der Waals surface area contributed by atoms with Crippen molar-refractivity contribution >= 4 is 22.4 Å². The summed E-state index contributed by atoms with van der Waals surface area (Å²) in [6, 6.07) is 0. The van der Waals surface area contributed by atoms with E-state index in [9.17, 15) is 0 Å². The Hall–Kier alpha value is -1.34. The van der Waals surface area contributed by atoms with Crippen molar-refractivity contribution in [2.75, 3.05) is 51.3 Å². The second kappa shape index (κ2) is 9.97. The maximum Gasteiger partial charge on any atom is 0.190 e. The van der Waals surface area contributed by atoms with Gasteiger partial charge < -0.3 is 20.3 Å². The van der Waals surface area contributed by atoms with Crippen LogP contribution in [0.25, 0.3) is 0 Å². The Morgan fingerprint density at radius 2 is 2.12 bits per heavy atom. The summed E-state index contributed by atoms with van der Waals surface area (Å²) in [5.74, 6) is 1.70. The number of nitrogens with one attached hydrogen (secondary N) is 2.